The van der Waals surface area contributed by atoms with Crippen LogP contribution in [-0.2, 0) is 15.3 Å². The van der Waals surface area contributed by atoms with E-state index in [4.69, 9.17) is 27.9 Å². The highest BCUT2D eigenvalue weighted by Crippen LogP contribution is 2.64. The molecule has 2 heterocycles. The van der Waals surface area contributed by atoms with Crippen molar-refractivity contribution in [3.8, 4) is 0 Å². The third-order valence-corrected chi connectivity index (χ3v) is 6.71. The first-order chi connectivity index (χ1) is 12.6. The molecule has 0 N–H and O–H groups in total. The molecular weight excluding hydrogens is 369 g/mol. The number of anilines is 1. The van der Waals surface area contributed by atoms with Crippen LogP contribution in [0, 0.1) is 5.92 Å². The summed E-state index contributed by atoms with van der Waals surface area (Å²) < 4.78 is 6.33. The molecule has 0 aromatic heterocycles. The lowest BCUT2D eigenvalue weighted by Gasteiger charge is -2.59. The molecule has 0 unspecified atom stereocenters. The van der Waals surface area contributed by atoms with E-state index in [-0.39, 0.29) is 17.2 Å². The summed E-state index contributed by atoms with van der Waals surface area (Å²) in [6.07, 6.45) is 1.74. The molecule has 4 atom stereocenters. The standard InChI is InChI=1S/C21H21Cl2NO2/c1-2-9-18(22)17-14-26-21(15-10-5-3-6-11-15)20(17,23)19(25)24(21)16-12-7-4-8-13-16/h3-8,10-13,17-18H,2,9,14H2,1H3/t17-,18+,20+,21-/m1/s1. The molecule has 2 aromatic rings. The number of halogens is 2. The summed E-state index contributed by atoms with van der Waals surface area (Å²) in [4.78, 5) is 13.8. The Morgan fingerprint density at radius 2 is 1.77 bits per heavy atom. The van der Waals surface area contributed by atoms with Crippen LogP contribution in [0.5, 0.6) is 0 Å². The Morgan fingerprint density at radius 3 is 2.38 bits per heavy atom. The smallest absolute Gasteiger partial charge is 0.256 e. The van der Waals surface area contributed by atoms with Gasteiger partial charge in [-0.1, -0.05) is 61.9 Å². The summed E-state index contributed by atoms with van der Waals surface area (Å²) in [6.45, 7) is 2.44. The SMILES string of the molecule is CCC[C@H](Cl)[C@H]1CO[C@@]2(c3ccccc3)N(c3ccccc3)C(=O)[C@@]12Cl. The van der Waals surface area contributed by atoms with Crippen LogP contribution >= 0.6 is 23.2 Å². The van der Waals surface area contributed by atoms with Crippen LogP contribution in [0.4, 0.5) is 5.69 Å². The van der Waals surface area contributed by atoms with Gasteiger partial charge >= 0.3 is 0 Å². The van der Waals surface area contributed by atoms with E-state index in [9.17, 15) is 4.79 Å². The number of hydrogen-bond acceptors (Lipinski definition) is 2. The molecule has 0 aliphatic carbocycles. The highest BCUT2D eigenvalue weighted by atomic mass is 35.5. The largest absolute Gasteiger partial charge is 0.348 e. The monoisotopic (exact) mass is 389 g/mol. The lowest BCUT2D eigenvalue weighted by molar-refractivity contribution is -0.149. The van der Waals surface area contributed by atoms with Crippen molar-refractivity contribution in [2.45, 2.75) is 35.7 Å². The number of β-lactam (4-membered cyclic amide) rings is 1. The Hall–Kier alpha value is -1.55. The predicted molar refractivity (Wildman–Crippen MR) is 105 cm³/mol. The van der Waals surface area contributed by atoms with Crippen LogP contribution in [-0.4, -0.2) is 22.8 Å². The number of hydrogen-bond donors (Lipinski definition) is 0. The van der Waals surface area contributed by atoms with Crippen molar-refractivity contribution in [1.29, 1.82) is 0 Å². The highest BCUT2D eigenvalue weighted by molar-refractivity contribution is 6.43. The minimum atomic E-state index is -1.19. The van der Waals surface area contributed by atoms with Crippen LogP contribution in [0.3, 0.4) is 0 Å². The van der Waals surface area contributed by atoms with E-state index in [0.717, 1.165) is 24.1 Å². The molecule has 2 aromatic carbocycles. The number of carbonyl (C=O) groups is 1. The number of carbonyl (C=O) groups excluding carboxylic acids is 1. The van der Waals surface area contributed by atoms with Gasteiger partial charge in [-0.2, -0.15) is 0 Å². The number of nitrogens with zero attached hydrogens (tertiary/aromatic N) is 1. The minimum absolute atomic E-state index is 0.140. The van der Waals surface area contributed by atoms with Crippen LogP contribution in [0.25, 0.3) is 0 Å². The van der Waals surface area contributed by atoms with Gasteiger partial charge in [-0.25, -0.2) is 0 Å². The lowest BCUT2D eigenvalue weighted by Crippen LogP contribution is -2.78. The van der Waals surface area contributed by atoms with Crippen LogP contribution in [0.2, 0.25) is 0 Å². The average molecular weight is 390 g/mol. The van der Waals surface area contributed by atoms with Gasteiger partial charge in [-0.05, 0) is 18.6 Å². The molecule has 2 aliphatic heterocycles. The van der Waals surface area contributed by atoms with E-state index in [1.807, 2.05) is 60.7 Å². The predicted octanol–water partition coefficient (Wildman–Crippen LogP) is 4.92. The second kappa shape index (κ2) is 6.56. The number of ether oxygens (including phenoxy) is 1. The maximum Gasteiger partial charge on any atom is 0.256 e. The van der Waals surface area contributed by atoms with Gasteiger partial charge in [0.1, 0.15) is 0 Å². The highest BCUT2D eigenvalue weighted by Gasteiger charge is 2.80. The quantitative estimate of drug-likeness (QED) is 0.536. The molecule has 1 amide bonds. The fourth-order valence-electron chi connectivity index (χ4n) is 4.26. The molecule has 4 rings (SSSR count). The first kappa shape index (κ1) is 17.8. The number of fused-ring (bicyclic) bond motifs is 1. The van der Waals surface area contributed by atoms with Gasteiger partial charge in [-0.15, -0.1) is 23.2 Å². The second-order valence-electron chi connectivity index (χ2n) is 6.92. The van der Waals surface area contributed by atoms with E-state index in [1.165, 1.54) is 0 Å². The first-order valence-corrected chi connectivity index (χ1v) is 9.81. The Bertz CT molecular complexity index is 800. The summed E-state index contributed by atoms with van der Waals surface area (Å²) in [5.41, 5.74) is 0.626. The van der Waals surface area contributed by atoms with Gasteiger partial charge in [0.2, 0.25) is 5.72 Å². The number of rotatable bonds is 5. The zero-order valence-electron chi connectivity index (χ0n) is 14.6. The molecule has 0 radical (unpaired) electrons. The third kappa shape index (κ3) is 2.20. The van der Waals surface area contributed by atoms with Gasteiger partial charge in [0, 0.05) is 22.5 Å². The van der Waals surface area contributed by atoms with Crippen LogP contribution in [0.15, 0.2) is 60.7 Å². The summed E-state index contributed by atoms with van der Waals surface area (Å²) in [5.74, 6) is -0.378. The van der Waals surface area contributed by atoms with Crippen molar-refractivity contribution in [2.75, 3.05) is 11.5 Å². The Labute approximate surface area is 163 Å². The van der Waals surface area contributed by atoms with E-state index < -0.39 is 10.6 Å². The molecule has 5 heteroatoms. The summed E-state index contributed by atoms with van der Waals surface area (Å²) in [5, 5.41) is -0.204. The number of benzene rings is 2. The number of amides is 1. The van der Waals surface area contributed by atoms with E-state index in [2.05, 4.69) is 6.92 Å². The molecule has 0 spiro atoms. The summed E-state index contributed by atoms with van der Waals surface area (Å²) in [7, 11) is 0. The Morgan fingerprint density at radius 1 is 1.15 bits per heavy atom. The Balaban J connectivity index is 1.85. The van der Waals surface area contributed by atoms with Crippen molar-refractivity contribution >= 4 is 34.8 Å². The van der Waals surface area contributed by atoms with Crippen molar-refractivity contribution in [2.24, 2.45) is 5.92 Å². The van der Waals surface area contributed by atoms with Gasteiger partial charge in [-0.3, -0.25) is 9.69 Å². The van der Waals surface area contributed by atoms with E-state index in [0.29, 0.717) is 6.61 Å². The van der Waals surface area contributed by atoms with Crippen molar-refractivity contribution < 1.29 is 9.53 Å². The zero-order chi connectivity index (χ0) is 18.4. The fraction of sp³-hybridized carbons (Fsp3) is 0.381. The number of alkyl halides is 2. The third-order valence-electron chi connectivity index (χ3n) is 5.49. The van der Waals surface area contributed by atoms with Crippen molar-refractivity contribution in [1.82, 2.24) is 0 Å². The topological polar surface area (TPSA) is 29.5 Å². The lowest BCUT2D eigenvalue weighted by atomic mass is 9.70. The van der Waals surface area contributed by atoms with Crippen LogP contribution < -0.4 is 4.90 Å². The number of para-hydroxylation sites is 1. The molecule has 26 heavy (non-hydrogen) atoms. The molecule has 2 aliphatic rings. The summed E-state index contributed by atoms with van der Waals surface area (Å²) >= 11 is 13.7. The van der Waals surface area contributed by atoms with Crippen molar-refractivity contribution in [3.05, 3.63) is 66.2 Å². The minimum Gasteiger partial charge on any atom is -0.348 e. The van der Waals surface area contributed by atoms with Gasteiger partial charge in [0.25, 0.3) is 5.91 Å². The van der Waals surface area contributed by atoms with Gasteiger partial charge < -0.3 is 4.74 Å². The molecular formula is C21H21Cl2NO2. The molecule has 2 fully saturated rings. The van der Waals surface area contributed by atoms with Gasteiger partial charge in [0.05, 0.1) is 6.61 Å². The zero-order valence-corrected chi connectivity index (χ0v) is 16.1. The summed E-state index contributed by atoms with van der Waals surface area (Å²) in [6, 6.07) is 19.3. The van der Waals surface area contributed by atoms with Gasteiger partial charge in [0.15, 0.2) is 4.87 Å². The average Bonchev–Trinajstić information content (AvgIpc) is 2.94. The van der Waals surface area contributed by atoms with E-state index in [1.54, 1.807) is 4.90 Å². The van der Waals surface area contributed by atoms with Crippen LogP contribution in [0.1, 0.15) is 25.3 Å². The Kier molecular flexibility index (Phi) is 4.50. The molecule has 2 saturated heterocycles. The maximum absolute atomic E-state index is 13.3. The first-order valence-electron chi connectivity index (χ1n) is 8.99. The fourth-order valence-corrected chi connectivity index (χ4v) is 5.35. The van der Waals surface area contributed by atoms with Crippen molar-refractivity contribution in [3.63, 3.8) is 0 Å². The van der Waals surface area contributed by atoms with E-state index >= 15 is 0 Å². The second-order valence-corrected chi connectivity index (χ2v) is 8.08. The maximum atomic E-state index is 13.3. The molecule has 0 bridgehead atoms. The normalized spacial score (nSPS) is 31.4. The molecule has 0 saturated carbocycles. The molecule has 136 valence electrons. The molecule has 3 nitrogen and oxygen atoms in total.